The summed E-state index contributed by atoms with van der Waals surface area (Å²) in [7, 11) is 0. The minimum absolute atomic E-state index is 0.319. The first-order valence-corrected chi connectivity index (χ1v) is 8.05. The molecular formula is C18H29N. The molecule has 3 atom stereocenters. The number of terminal acetylenes is 1. The van der Waals surface area contributed by atoms with Crippen LogP contribution in [-0.2, 0) is 0 Å². The van der Waals surface area contributed by atoms with Gasteiger partial charge in [0, 0.05) is 12.5 Å². The maximum atomic E-state index is 6.37. The Balaban J connectivity index is 1.75. The molecule has 0 aliphatic heterocycles. The lowest BCUT2D eigenvalue weighted by Crippen LogP contribution is -2.56. The van der Waals surface area contributed by atoms with Gasteiger partial charge in [-0.05, 0) is 73.5 Å². The molecule has 4 aliphatic rings. The van der Waals surface area contributed by atoms with E-state index in [0.717, 1.165) is 18.8 Å². The van der Waals surface area contributed by atoms with Crippen molar-refractivity contribution in [3.63, 3.8) is 0 Å². The van der Waals surface area contributed by atoms with Crippen molar-refractivity contribution in [3.05, 3.63) is 0 Å². The van der Waals surface area contributed by atoms with Crippen molar-refractivity contribution >= 4 is 0 Å². The van der Waals surface area contributed by atoms with Gasteiger partial charge in [0.25, 0.3) is 0 Å². The van der Waals surface area contributed by atoms with Crippen molar-refractivity contribution < 1.29 is 0 Å². The van der Waals surface area contributed by atoms with Gasteiger partial charge in [0.1, 0.15) is 0 Å². The average Bonchev–Trinajstić information content (AvgIpc) is 2.20. The van der Waals surface area contributed by atoms with Gasteiger partial charge in [-0.3, -0.25) is 0 Å². The standard InChI is InChI=1S/C18H29N/c1-4-5-6-15(19)10-18-9-14-7-16(2,12-18)11-17(3,8-14)13-18/h1,14-15H,5-13,19H2,2-3H3. The molecule has 1 nitrogen and oxygen atoms in total. The number of hydrogen-bond acceptors (Lipinski definition) is 1. The van der Waals surface area contributed by atoms with Crippen LogP contribution in [0.4, 0.5) is 0 Å². The molecule has 0 radical (unpaired) electrons. The third-order valence-corrected chi connectivity index (χ3v) is 6.10. The summed E-state index contributed by atoms with van der Waals surface area (Å²) in [4.78, 5) is 0. The Morgan fingerprint density at radius 2 is 1.79 bits per heavy atom. The maximum absolute atomic E-state index is 6.37. The molecule has 0 aromatic rings. The molecule has 0 saturated heterocycles. The molecule has 4 rings (SSSR count). The fourth-order valence-electron chi connectivity index (χ4n) is 6.84. The Morgan fingerprint density at radius 3 is 2.32 bits per heavy atom. The summed E-state index contributed by atoms with van der Waals surface area (Å²) in [6, 6.07) is 0.319. The van der Waals surface area contributed by atoms with Crippen molar-refractivity contribution in [2.75, 3.05) is 0 Å². The van der Waals surface area contributed by atoms with E-state index in [1.807, 2.05) is 0 Å². The van der Waals surface area contributed by atoms with Gasteiger partial charge in [0.15, 0.2) is 0 Å². The van der Waals surface area contributed by atoms with Crippen molar-refractivity contribution in [2.24, 2.45) is 27.9 Å². The number of hydrogen-bond donors (Lipinski definition) is 1. The molecule has 0 aromatic carbocycles. The minimum atomic E-state index is 0.319. The quantitative estimate of drug-likeness (QED) is 0.755. The van der Waals surface area contributed by atoms with Crippen molar-refractivity contribution in [1.82, 2.24) is 0 Å². The summed E-state index contributed by atoms with van der Waals surface area (Å²) in [6.45, 7) is 5.08. The predicted molar refractivity (Wildman–Crippen MR) is 80.5 cm³/mol. The SMILES string of the molecule is C#CCCC(N)CC12CC3CC(C)(CC(C)(C3)C1)C2. The second-order valence-electron chi connectivity index (χ2n) is 8.84. The van der Waals surface area contributed by atoms with E-state index < -0.39 is 0 Å². The third-order valence-electron chi connectivity index (χ3n) is 6.10. The molecule has 0 amide bonds. The summed E-state index contributed by atoms with van der Waals surface area (Å²) in [5.41, 5.74) is 8.15. The maximum Gasteiger partial charge on any atom is 0.0101 e. The van der Waals surface area contributed by atoms with Crippen LogP contribution in [0.3, 0.4) is 0 Å². The van der Waals surface area contributed by atoms with Crippen LogP contribution >= 0.6 is 0 Å². The van der Waals surface area contributed by atoms with Gasteiger partial charge in [-0.15, -0.1) is 12.3 Å². The fraction of sp³-hybridized carbons (Fsp3) is 0.889. The Hall–Kier alpha value is -0.480. The Morgan fingerprint density at radius 1 is 1.16 bits per heavy atom. The highest BCUT2D eigenvalue weighted by molar-refractivity contribution is 5.10. The number of rotatable bonds is 4. The van der Waals surface area contributed by atoms with Gasteiger partial charge < -0.3 is 5.73 Å². The highest BCUT2D eigenvalue weighted by Crippen LogP contribution is 2.70. The monoisotopic (exact) mass is 259 g/mol. The van der Waals surface area contributed by atoms with E-state index in [1.54, 1.807) is 0 Å². The summed E-state index contributed by atoms with van der Waals surface area (Å²) >= 11 is 0. The smallest absolute Gasteiger partial charge is 0.0101 e. The first kappa shape index (κ1) is 13.5. The lowest BCUT2D eigenvalue weighted by Gasteiger charge is -2.66. The molecule has 4 aliphatic carbocycles. The zero-order chi connectivity index (χ0) is 13.7. The van der Waals surface area contributed by atoms with Crippen LogP contribution in [0.5, 0.6) is 0 Å². The highest BCUT2D eigenvalue weighted by Gasteiger charge is 2.59. The molecule has 0 heterocycles. The largest absolute Gasteiger partial charge is 0.328 e. The molecule has 2 N–H and O–H groups in total. The van der Waals surface area contributed by atoms with Gasteiger partial charge >= 0.3 is 0 Å². The zero-order valence-corrected chi connectivity index (χ0v) is 12.7. The normalized spacial score (nSPS) is 49.1. The summed E-state index contributed by atoms with van der Waals surface area (Å²) in [5, 5.41) is 0. The molecule has 3 unspecified atom stereocenters. The van der Waals surface area contributed by atoms with Gasteiger partial charge in [-0.25, -0.2) is 0 Å². The van der Waals surface area contributed by atoms with E-state index >= 15 is 0 Å². The molecule has 4 bridgehead atoms. The fourth-order valence-corrected chi connectivity index (χ4v) is 6.84. The van der Waals surface area contributed by atoms with Crippen LogP contribution in [0.25, 0.3) is 0 Å². The van der Waals surface area contributed by atoms with Crippen LogP contribution in [0, 0.1) is 34.5 Å². The molecule has 1 heteroatoms. The molecular weight excluding hydrogens is 230 g/mol. The van der Waals surface area contributed by atoms with E-state index in [9.17, 15) is 0 Å². The molecule has 0 spiro atoms. The van der Waals surface area contributed by atoms with E-state index in [4.69, 9.17) is 12.2 Å². The van der Waals surface area contributed by atoms with Crippen LogP contribution < -0.4 is 5.73 Å². The van der Waals surface area contributed by atoms with Crippen LogP contribution in [0.1, 0.15) is 71.6 Å². The average molecular weight is 259 g/mol. The van der Waals surface area contributed by atoms with Crippen molar-refractivity contribution in [2.45, 2.75) is 77.7 Å². The zero-order valence-electron chi connectivity index (χ0n) is 12.7. The molecule has 0 aromatic heterocycles. The van der Waals surface area contributed by atoms with Gasteiger partial charge in [0.05, 0.1) is 0 Å². The van der Waals surface area contributed by atoms with Crippen molar-refractivity contribution in [3.8, 4) is 12.3 Å². The lowest BCUT2D eigenvalue weighted by atomic mass is 9.39. The van der Waals surface area contributed by atoms with Crippen LogP contribution in [-0.4, -0.2) is 6.04 Å². The minimum Gasteiger partial charge on any atom is -0.328 e. The van der Waals surface area contributed by atoms with Gasteiger partial charge in [-0.2, -0.15) is 0 Å². The van der Waals surface area contributed by atoms with Gasteiger partial charge in [-0.1, -0.05) is 13.8 Å². The van der Waals surface area contributed by atoms with E-state index in [0.29, 0.717) is 22.3 Å². The summed E-state index contributed by atoms with van der Waals surface area (Å²) in [6.07, 6.45) is 17.2. The second-order valence-corrected chi connectivity index (χ2v) is 8.84. The molecule has 106 valence electrons. The Labute approximate surface area is 118 Å². The molecule has 19 heavy (non-hydrogen) atoms. The lowest BCUT2D eigenvalue weighted by molar-refractivity contribution is -0.149. The molecule has 4 saturated carbocycles. The van der Waals surface area contributed by atoms with Gasteiger partial charge in [0.2, 0.25) is 0 Å². The first-order chi connectivity index (χ1) is 8.86. The van der Waals surface area contributed by atoms with Crippen LogP contribution in [0.15, 0.2) is 0 Å². The third kappa shape index (κ3) is 2.45. The van der Waals surface area contributed by atoms with E-state index in [-0.39, 0.29) is 0 Å². The van der Waals surface area contributed by atoms with E-state index in [2.05, 4.69) is 19.8 Å². The highest BCUT2D eigenvalue weighted by atomic mass is 14.7. The summed E-state index contributed by atoms with van der Waals surface area (Å²) < 4.78 is 0. The first-order valence-electron chi connectivity index (χ1n) is 8.05. The Kier molecular flexibility index (Phi) is 3.02. The summed E-state index contributed by atoms with van der Waals surface area (Å²) in [5.74, 6) is 3.72. The topological polar surface area (TPSA) is 26.0 Å². The van der Waals surface area contributed by atoms with Crippen LogP contribution in [0.2, 0.25) is 0 Å². The van der Waals surface area contributed by atoms with E-state index in [1.165, 1.54) is 44.9 Å². The number of nitrogens with two attached hydrogens (primary N) is 1. The molecule has 4 fully saturated rings. The van der Waals surface area contributed by atoms with Crippen molar-refractivity contribution in [1.29, 1.82) is 0 Å². The Bertz CT molecular complexity index is 386. The second kappa shape index (κ2) is 4.26. The predicted octanol–water partition coefficient (Wildman–Crippen LogP) is 4.11.